The molecule has 18 heavy (non-hydrogen) atoms. The summed E-state index contributed by atoms with van der Waals surface area (Å²) in [5.41, 5.74) is 1.27. The third-order valence-corrected chi connectivity index (χ3v) is 4.41. The molecule has 2 rings (SSSR count). The smallest absolute Gasteiger partial charge is 0.0692 e. The highest BCUT2D eigenvalue weighted by Gasteiger charge is 1.98. The van der Waals surface area contributed by atoms with Crippen molar-refractivity contribution in [2.24, 2.45) is 0 Å². The first-order valence-corrected chi connectivity index (χ1v) is 7.33. The summed E-state index contributed by atoms with van der Waals surface area (Å²) in [4.78, 5) is 0. The number of hydrogen-bond donors (Lipinski definition) is 1. The molecule has 0 radical (unpaired) electrons. The zero-order valence-corrected chi connectivity index (χ0v) is 13.0. The van der Waals surface area contributed by atoms with Crippen LogP contribution in [-0.4, -0.2) is 21.5 Å². The fourth-order valence-electron chi connectivity index (χ4n) is 1.60. The van der Waals surface area contributed by atoms with Crippen LogP contribution in [0.5, 0.6) is 0 Å². The van der Waals surface area contributed by atoms with E-state index < -0.39 is 0 Å². The van der Waals surface area contributed by atoms with Crippen LogP contribution in [0.2, 0.25) is 0 Å². The highest BCUT2D eigenvalue weighted by atomic mass is 79.9. The van der Waals surface area contributed by atoms with Gasteiger partial charge in [0.15, 0.2) is 0 Å². The molecule has 1 heterocycles. The van der Waals surface area contributed by atoms with E-state index in [-0.39, 0.29) is 0 Å². The van der Waals surface area contributed by atoms with Crippen LogP contribution in [0.3, 0.4) is 0 Å². The van der Waals surface area contributed by atoms with Gasteiger partial charge in [-0.1, -0.05) is 11.3 Å². The molecule has 1 N–H and O–H groups in total. The van der Waals surface area contributed by atoms with Crippen molar-refractivity contribution in [3.63, 3.8) is 0 Å². The second-order valence-electron chi connectivity index (χ2n) is 3.94. The number of benzene rings is 1. The number of rotatable bonds is 6. The van der Waals surface area contributed by atoms with E-state index in [4.69, 9.17) is 0 Å². The first-order chi connectivity index (χ1) is 8.75. The lowest BCUT2D eigenvalue weighted by atomic mass is 10.2. The van der Waals surface area contributed by atoms with Gasteiger partial charge in [-0.2, -0.15) is 0 Å². The van der Waals surface area contributed by atoms with E-state index in [0.29, 0.717) is 0 Å². The average Bonchev–Trinajstić information content (AvgIpc) is 2.86. The third kappa shape index (κ3) is 4.19. The van der Waals surface area contributed by atoms with Crippen molar-refractivity contribution in [2.45, 2.75) is 19.5 Å². The monoisotopic (exact) mass is 372 g/mol. The summed E-state index contributed by atoms with van der Waals surface area (Å²) in [6.07, 6.45) is 4.62. The minimum absolute atomic E-state index is 0.878. The Hall–Kier alpha value is -0.720. The third-order valence-electron chi connectivity index (χ3n) is 2.53. The molecule has 0 aliphatic heterocycles. The fraction of sp³-hybridized carbons (Fsp3) is 0.333. The van der Waals surface area contributed by atoms with Gasteiger partial charge in [0, 0.05) is 28.2 Å². The molecule has 0 unspecified atom stereocenters. The second kappa shape index (κ2) is 7.01. The summed E-state index contributed by atoms with van der Waals surface area (Å²) in [6, 6.07) is 6.28. The molecule has 1 aromatic heterocycles. The van der Waals surface area contributed by atoms with Crippen LogP contribution in [0.25, 0.3) is 0 Å². The zero-order valence-electron chi connectivity index (χ0n) is 9.81. The summed E-state index contributed by atoms with van der Waals surface area (Å²) >= 11 is 6.96. The number of halogens is 2. The summed E-state index contributed by atoms with van der Waals surface area (Å²) in [5, 5.41) is 11.1. The molecule has 0 aliphatic rings. The van der Waals surface area contributed by atoms with Crippen LogP contribution >= 0.6 is 31.9 Å². The predicted octanol–water partition coefficient (Wildman–Crippen LogP) is 2.98. The minimum Gasteiger partial charge on any atom is -0.313 e. The number of nitrogens with zero attached hydrogens (tertiary/aromatic N) is 3. The number of nitrogens with one attached hydrogen (secondary N) is 1. The molecule has 4 nitrogen and oxygen atoms in total. The minimum atomic E-state index is 0.878. The van der Waals surface area contributed by atoms with Gasteiger partial charge in [-0.3, -0.25) is 4.68 Å². The van der Waals surface area contributed by atoms with E-state index in [2.05, 4.69) is 65.7 Å². The fourth-order valence-corrected chi connectivity index (χ4v) is 2.27. The Balaban J connectivity index is 1.67. The van der Waals surface area contributed by atoms with Crippen LogP contribution in [-0.2, 0) is 13.1 Å². The number of aromatic nitrogens is 3. The Morgan fingerprint density at radius 3 is 2.83 bits per heavy atom. The molecule has 0 bridgehead atoms. The van der Waals surface area contributed by atoms with Gasteiger partial charge in [-0.05, 0) is 62.5 Å². The van der Waals surface area contributed by atoms with Gasteiger partial charge in [-0.25, -0.2) is 0 Å². The van der Waals surface area contributed by atoms with Crippen LogP contribution in [0.1, 0.15) is 12.0 Å². The molecule has 0 atom stereocenters. The van der Waals surface area contributed by atoms with Gasteiger partial charge in [0.05, 0.1) is 6.20 Å². The second-order valence-corrected chi connectivity index (χ2v) is 5.65. The average molecular weight is 374 g/mol. The summed E-state index contributed by atoms with van der Waals surface area (Å²) in [6.45, 7) is 2.74. The van der Waals surface area contributed by atoms with Crippen molar-refractivity contribution in [1.29, 1.82) is 0 Å². The highest BCUT2D eigenvalue weighted by Crippen LogP contribution is 2.23. The van der Waals surface area contributed by atoms with Crippen molar-refractivity contribution in [3.8, 4) is 0 Å². The Morgan fingerprint density at radius 1 is 1.22 bits per heavy atom. The molecular formula is C12H14Br2N4. The van der Waals surface area contributed by atoms with Crippen molar-refractivity contribution in [2.75, 3.05) is 6.54 Å². The standard InChI is InChI=1S/C12H14Br2N4/c13-11-3-2-10(8-12(11)14)9-15-4-1-6-18-7-5-16-17-18/h2-3,5,7-8,15H,1,4,6,9H2. The van der Waals surface area contributed by atoms with Crippen LogP contribution in [0.15, 0.2) is 39.5 Å². The van der Waals surface area contributed by atoms with Crippen LogP contribution in [0.4, 0.5) is 0 Å². The Bertz CT molecular complexity index is 485. The van der Waals surface area contributed by atoms with E-state index >= 15 is 0 Å². The van der Waals surface area contributed by atoms with E-state index in [1.807, 2.05) is 10.9 Å². The molecule has 0 fully saturated rings. The summed E-state index contributed by atoms with van der Waals surface area (Å²) in [5.74, 6) is 0. The molecule has 2 aromatic rings. The maximum atomic E-state index is 3.92. The first kappa shape index (κ1) is 13.7. The lowest BCUT2D eigenvalue weighted by Gasteiger charge is -2.06. The Labute approximate surface area is 123 Å². The van der Waals surface area contributed by atoms with Crippen LogP contribution in [0, 0.1) is 0 Å². The Kier molecular flexibility index (Phi) is 5.34. The lowest BCUT2D eigenvalue weighted by molar-refractivity contribution is 0.530. The molecule has 0 saturated carbocycles. The van der Waals surface area contributed by atoms with E-state index in [1.54, 1.807) is 6.20 Å². The van der Waals surface area contributed by atoms with Gasteiger partial charge in [-0.15, -0.1) is 5.10 Å². The summed E-state index contributed by atoms with van der Waals surface area (Å²) < 4.78 is 4.01. The molecular weight excluding hydrogens is 360 g/mol. The maximum Gasteiger partial charge on any atom is 0.0692 e. The Morgan fingerprint density at radius 2 is 2.11 bits per heavy atom. The van der Waals surface area contributed by atoms with Crippen molar-refractivity contribution in [3.05, 3.63) is 45.1 Å². The maximum absolute atomic E-state index is 3.92. The van der Waals surface area contributed by atoms with Crippen LogP contribution < -0.4 is 5.32 Å². The number of aryl methyl sites for hydroxylation is 1. The predicted molar refractivity (Wildman–Crippen MR) is 78.2 cm³/mol. The van der Waals surface area contributed by atoms with Gasteiger partial charge in [0.1, 0.15) is 0 Å². The lowest BCUT2D eigenvalue weighted by Crippen LogP contribution is -2.16. The summed E-state index contributed by atoms with van der Waals surface area (Å²) in [7, 11) is 0. The van der Waals surface area contributed by atoms with Crippen molar-refractivity contribution >= 4 is 31.9 Å². The largest absolute Gasteiger partial charge is 0.313 e. The molecule has 0 saturated heterocycles. The molecule has 0 aliphatic carbocycles. The van der Waals surface area contributed by atoms with Crippen molar-refractivity contribution < 1.29 is 0 Å². The van der Waals surface area contributed by atoms with Crippen molar-refractivity contribution in [1.82, 2.24) is 20.3 Å². The number of hydrogen-bond acceptors (Lipinski definition) is 3. The molecule has 96 valence electrons. The van der Waals surface area contributed by atoms with Gasteiger partial charge < -0.3 is 5.32 Å². The van der Waals surface area contributed by atoms with E-state index in [0.717, 1.165) is 35.0 Å². The van der Waals surface area contributed by atoms with Gasteiger partial charge in [0.25, 0.3) is 0 Å². The van der Waals surface area contributed by atoms with Gasteiger partial charge in [0.2, 0.25) is 0 Å². The molecule has 1 aromatic carbocycles. The molecule has 0 spiro atoms. The zero-order chi connectivity index (χ0) is 12.8. The normalized spacial score (nSPS) is 10.8. The molecule has 0 amide bonds. The van der Waals surface area contributed by atoms with Gasteiger partial charge >= 0.3 is 0 Å². The van der Waals surface area contributed by atoms with E-state index in [1.165, 1.54) is 5.56 Å². The SMILES string of the molecule is Brc1ccc(CNCCCn2ccnn2)cc1Br. The highest BCUT2D eigenvalue weighted by molar-refractivity contribution is 9.13. The topological polar surface area (TPSA) is 42.7 Å². The quantitative estimate of drug-likeness (QED) is 0.791. The first-order valence-electron chi connectivity index (χ1n) is 5.74. The molecule has 6 heteroatoms. The van der Waals surface area contributed by atoms with E-state index in [9.17, 15) is 0 Å².